The number of aryl methyl sites for hydroxylation is 1. The fourth-order valence-electron chi connectivity index (χ4n) is 3.17. The number of hydrogen-bond donors (Lipinski definition) is 0. The summed E-state index contributed by atoms with van der Waals surface area (Å²) in [6.07, 6.45) is 5.92. The first-order valence-electron chi connectivity index (χ1n) is 7.53. The third-order valence-electron chi connectivity index (χ3n) is 4.64. The van der Waals surface area contributed by atoms with Gasteiger partial charge in [0.05, 0.1) is 12.1 Å². The van der Waals surface area contributed by atoms with E-state index in [1.54, 1.807) is 0 Å². The van der Waals surface area contributed by atoms with E-state index >= 15 is 0 Å². The van der Waals surface area contributed by atoms with Gasteiger partial charge in [-0.1, -0.05) is 30.3 Å². The van der Waals surface area contributed by atoms with Crippen LogP contribution >= 0.6 is 0 Å². The smallest absolute Gasteiger partial charge is 0.122 e. The van der Waals surface area contributed by atoms with E-state index in [1.165, 1.54) is 5.56 Å². The summed E-state index contributed by atoms with van der Waals surface area (Å²) < 4.78 is 8.02. The lowest BCUT2D eigenvalue weighted by Gasteiger charge is -2.41. The van der Waals surface area contributed by atoms with E-state index in [2.05, 4.69) is 51.8 Å². The Bertz CT molecular complexity index is 571. The quantitative estimate of drug-likeness (QED) is 0.865. The van der Waals surface area contributed by atoms with Crippen molar-refractivity contribution in [2.75, 3.05) is 20.2 Å². The van der Waals surface area contributed by atoms with E-state index < -0.39 is 0 Å². The number of hydrogen-bond acceptors (Lipinski definition) is 3. The highest BCUT2D eigenvalue weighted by Crippen LogP contribution is 2.36. The number of imidazole rings is 1. The van der Waals surface area contributed by atoms with Gasteiger partial charge in [-0.2, -0.15) is 0 Å². The maximum atomic E-state index is 5.92. The number of rotatable bonds is 4. The van der Waals surface area contributed by atoms with Gasteiger partial charge in [0.15, 0.2) is 0 Å². The molecule has 0 N–H and O–H groups in total. The Morgan fingerprint density at radius 1 is 1.19 bits per heavy atom. The normalized spacial score (nSPS) is 18.8. The van der Waals surface area contributed by atoms with Crippen LogP contribution in [-0.2, 0) is 23.9 Å². The molecule has 2 aromatic rings. The summed E-state index contributed by atoms with van der Waals surface area (Å²) in [7, 11) is 3.89. The van der Waals surface area contributed by atoms with Crippen LogP contribution in [0.1, 0.15) is 24.2 Å². The zero-order valence-electron chi connectivity index (χ0n) is 12.8. The minimum atomic E-state index is -0.126. The van der Waals surface area contributed by atoms with Crippen LogP contribution in [0.3, 0.4) is 0 Å². The molecule has 3 rings (SSSR count). The maximum absolute atomic E-state index is 5.92. The molecule has 1 aliphatic heterocycles. The summed E-state index contributed by atoms with van der Waals surface area (Å²) in [6, 6.07) is 10.6. The topological polar surface area (TPSA) is 30.3 Å². The zero-order chi connectivity index (χ0) is 14.7. The molecule has 0 atom stereocenters. The highest BCUT2D eigenvalue weighted by Gasteiger charge is 2.36. The summed E-state index contributed by atoms with van der Waals surface area (Å²) in [6.45, 7) is 2.99. The Hall–Kier alpha value is -1.65. The first kappa shape index (κ1) is 14.3. The van der Waals surface area contributed by atoms with Crippen molar-refractivity contribution in [3.63, 3.8) is 0 Å². The highest BCUT2D eigenvalue weighted by molar-refractivity contribution is 5.23. The number of nitrogens with zero attached hydrogens (tertiary/aromatic N) is 3. The predicted octanol–water partition coefficient (Wildman–Crippen LogP) is 2.56. The monoisotopic (exact) mass is 285 g/mol. The van der Waals surface area contributed by atoms with Crippen LogP contribution in [0.4, 0.5) is 0 Å². The minimum absolute atomic E-state index is 0.126. The summed E-state index contributed by atoms with van der Waals surface area (Å²) in [5, 5.41) is 0. The predicted molar refractivity (Wildman–Crippen MR) is 82.8 cm³/mol. The second-order valence-electron chi connectivity index (χ2n) is 5.79. The fourth-order valence-corrected chi connectivity index (χ4v) is 3.17. The molecule has 0 saturated carbocycles. The average molecular weight is 285 g/mol. The largest absolute Gasteiger partial charge is 0.373 e. The molecule has 2 heterocycles. The van der Waals surface area contributed by atoms with Gasteiger partial charge in [0, 0.05) is 39.6 Å². The van der Waals surface area contributed by atoms with E-state index in [1.807, 2.05) is 19.5 Å². The number of methoxy groups -OCH3 is 1. The SMILES string of the molecule is COC1(c2ccccc2)CCN(Cc2nccn2C)CC1. The van der Waals surface area contributed by atoms with Crippen LogP contribution in [0.5, 0.6) is 0 Å². The Labute approximate surface area is 126 Å². The number of aromatic nitrogens is 2. The van der Waals surface area contributed by atoms with Crippen LogP contribution < -0.4 is 0 Å². The van der Waals surface area contributed by atoms with Crippen molar-refractivity contribution in [3.8, 4) is 0 Å². The van der Waals surface area contributed by atoms with Gasteiger partial charge in [-0.05, 0) is 18.4 Å². The standard InChI is InChI=1S/C17H23N3O/c1-19-13-10-18-16(19)14-20-11-8-17(21-2,9-12-20)15-6-4-3-5-7-15/h3-7,10,13H,8-9,11-12,14H2,1-2H3. The third kappa shape index (κ3) is 2.87. The molecule has 0 spiro atoms. The highest BCUT2D eigenvalue weighted by atomic mass is 16.5. The molecule has 0 unspecified atom stereocenters. The van der Waals surface area contributed by atoms with E-state index in [9.17, 15) is 0 Å². The number of piperidine rings is 1. The van der Waals surface area contributed by atoms with Crippen molar-refractivity contribution in [1.29, 1.82) is 0 Å². The number of likely N-dealkylation sites (tertiary alicyclic amines) is 1. The summed E-state index contributed by atoms with van der Waals surface area (Å²) in [5.41, 5.74) is 1.17. The lowest BCUT2D eigenvalue weighted by atomic mass is 9.84. The Morgan fingerprint density at radius 3 is 2.48 bits per heavy atom. The summed E-state index contributed by atoms with van der Waals surface area (Å²) >= 11 is 0. The molecule has 21 heavy (non-hydrogen) atoms. The van der Waals surface area contributed by atoms with Crippen LogP contribution in [0.2, 0.25) is 0 Å². The maximum Gasteiger partial charge on any atom is 0.122 e. The second kappa shape index (κ2) is 6.00. The Morgan fingerprint density at radius 2 is 1.90 bits per heavy atom. The first-order chi connectivity index (χ1) is 10.2. The van der Waals surface area contributed by atoms with Gasteiger partial charge >= 0.3 is 0 Å². The van der Waals surface area contributed by atoms with Gasteiger partial charge in [-0.15, -0.1) is 0 Å². The molecule has 0 amide bonds. The van der Waals surface area contributed by atoms with Gasteiger partial charge < -0.3 is 9.30 Å². The molecule has 1 aromatic heterocycles. The van der Waals surface area contributed by atoms with Crippen LogP contribution in [0.15, 0.2) is 42.7 Å². The van der Waals surface area contributed by atoms with Gasteiger partial charge in [0.1, 0.15) is 5.82 Å². The van der Waals surface area contributed by atoms with Gasteiger partial charge in [-0.3, -0.25) is 4.90 Å². The minimum Gasteiger partial charge on any atom is -0.373 e. The molecule has 1 fully saturated rings. The van der Waals surface area contributed by atoms with Gasteiger partial charge in [0.25, 0.3) is 0 Å². The summed E-state index contributed by atoms with van der Waals surface area (Å²) in [5.74, 6) is 1.12. The molecule has 1 aromatic carbocycles. The lowest BCUT2D eigenvalue weighted by molar-refractivity contribution is -0.0641. The molecule has 0 bridgehead atoms. The molecule has 4 heteroatoms. The van der Waals surface area contributed by atoms with Crippen molar-refractivity contribution in [2.45, 2.75) is 25.0 Å². The van der Waals surface area contributed by atoms with Gasteiger partial charge in [0.2, 0.25) is 0 Å². The molecule has 1 saturated heterocycles. The molecule has 4 nitrogen and oxygen atoms in total. The summed E-state index contributed by atoms with van der Waals surface area (Å²) in [4.78, 5) is 6.88. The number of benzene rings is 1. The third-order valence-corrected chi connectivity index (χ3v) is 4.64. The van der Waals surface area contributed by atoms with Crippen molar-refractivity contribution < 1.29 is 4.74 Å². The molecular formula is C17H23N3O. The van der Waals surface area contributed by atoms with Crippen LogP contribution in [-0.4, -0.2) is 34.7 Å². The van der Waals surface area contributed by atoms with E-state index in [-0.39, 0.29) is 5.60 Å². The molecule has 1 aliphatic rings. The Kier molecular flexibility index (Phi) is 4.08. The first-order valence-corrected chi connectivity index (χ1v) is 7.53. The van der Waals surface area contributed by atoms with Crippen molar-refractivity contribution in [1.82, 2.24) is 14.5 Å². The van der Waals surface area contributed by atoms with Crippen molar-refractivity contribution in [3.05, 3.63) is 54.1 Å². The van der Waals surface area contributed by atoms with Crippen molar-refractivity contribution >= 4 is 0 Å². The lowest BCUT2D eigenvalue weighted by Crippen LogP contribution is -2.43. The average Bonchev–Trinajstić information content (AvgIpc) is 2.94. The van der Waals surface area contributed by atoms with Crippen LogP contribution in [0, 0.1) is 0 Å². The molecule has 112 valence electrons. The Balaban J connectivity index is 1.67. The van der Waals surface area contributed by atoms with E-state index in [0.29, 0.717) is 0 Å². The number of ether oxygens (including phenoxy) is 1. The second-order valence-corrected chi connectivity index (χ2v) is 5.79. The zero-order valence-corrected chi connectivity index (χ0v) is 12.8. The van der Waals surface area contributed by atoms with Crippen LogP contribution in [0.25, 0.3) is 0 Å². The molecule has 0 aliphatic carbocycles. The fraction of sp³-hybridized carbons (Fsp3) is 0.471. The van der Waals surface area contributed by atoms with E-state index in [0.717, 1.165) is 38.3 Å². The van der Waals surface area contributed by atoms with Crippen molar-refractivity contribution in [2.24, 2.45) is 7.05 Å². The molecular weight excluding hydrogens is 262 g/mol. The van der Waals surface area contributed by atoms with Gasteiger partial charge in [-0.25, -0.2) is 4.98 Å². The molecule has 0 radical (unpaired) electrons. The van der Waals surface area contributed by atoms with E-state index in [4.69, 9.17) is 4.74 Å².